The Hall–Kier alpha value is -3.69. The van der Waals surface area contributed by atoms with E-state index in [-0.39, 0.29) is 28.9 Å². The molecule has 4 N–H and O–H groups in total. The zero-order valence-electron chi connectivity index (χ0n) is 17.9. The van der Waals surface area contributed by atoms with Crippen molar-refractivity contribution >= 4 is 0 Å². The van der Waals surface area contributed by atoms with E-state index >= 15 is 0 Å². The lowest BCUT2D eigenvalue weighted by Crippen LogP contribution is -2.35. The monoisotopic (exact) mass is 453 g/mol. The minimum Gasteiger partial charge on any atom is -0.508 e. The fourth-order valence-electron chi connectivity index (χ4n) is 4.17. The molecule has 0 saturated carbocycles. The molecule has 9 nitrogen and oxygen atoms in total. The number of fused-ring (bicyclic) bond motifs is 2. The van der Waals surface area contributed by atoms with Crippen LogP contribution >= 0.6 is 0 Å². The van der Waals surface area contributed by atoms with Crippen molar-refractivity contribution in [2.75, 3.05) is 7.11 Å². The van der Waals surface area contributed by atoms with Crippen molar-refractivity contribution < 1.29 is 39.4 Å². The normalized spacial score (nSPS) is 25.6. The molecule has 3 heterocycles. The highest BCUT2D eigenvalue weighted by Crippen LogP contribution is 2.48. The molecule has 9 heteroatoms. The third kappa shape index (κ3) is 3.65. The van der Waals surface area contributed by atoms with Crippen molar-refractivity contribution in [3.63, 3.8) is 0 Å². The number of benzene rings is 2. The number of phenolic OH excluding ortho intramolecular Hbond substituents is 2. The number of rotatable bonds is 3. The first-order valence-corrected chi connectivity index (χ1v) is 10.4. The standard InChI is InChI=1S/C24H23NO8/c1-11-23(15-5-4-14(30-2)10-25-15)32-18-7-12(3-6-17(18)31-11)24-22(29)21(28)20-16(27)8-13(26)9-19(20)33-24/h3-11,21-24,26-29H,1-2H3. The Morgan fingerprint density at radius 1 is 0.879 bits per heavy atom. The number of methoxy groups -OCH3 is 1. The van der Waals surface area contributed by atoms with Crippen LogP contribution in [0.15, 0.2) is 48.7 Å². The Labute approximate surface area is 189 Å². The molecular formula is C24H23NO8. The molecule has 0 amide bonds. The van der Waals surface area contributed by atoms with Crippen molar-refractivity contribution in [3.05, 3.63) is 65.5 Å². The summed E-state index contributed by atoms with van der Waals surface area (Å²) in [6.07, 6.45) is -2.93. The summed E-state index contributed by atoms with van der Waals surface area (Å²) >= 11 is 0. The summed E-state index contributed by atoms with van der Waals surface area (Å²) in [4.78, 5) is 4.40. The minimum atomic E-state index is -1.41. The van der Waals surface area contributed by atoms with E-state index in [0.29, 0.717) is 28.5 Å². The lowest BCUT2D eigenvalue weighted by molar-refractivity contribution is -0.0712. The molecule has 3 aromatic rings. The van der Waals surface area contributed by atoms with Crippen molar-refractivity contribution in [2.45, 2.75) is 37.4 Å². The van der Waals surface area contributed by atoms with E-state index in [4.69, 9.17) is 18.9 Å². The van der Waals surface area contributed by atoms with E-state index in [1.807, 2.05) is 6.92 Å². The van der Waals surface area contributed by atoms with Crippen molar-refractivity contribution in [2.24, 2.45) is 0 Å². The van der Waals surface area contributed by atoms with E-state index in [2.05, 4.69) is 4.98 Å². The van der Waals surface area contributed by atoms with Crippen LogP contribution in [0.1, 0.15) is 42.1 Å². The quantitative estimate of drug-likeness (QED) is 0.473. The van der Waals surface area contributed by atoms with Crippen LogP contribution in [0.4, 0.5) is 0 Å². The number of hydrogen-bond acceptors (Lipinski definition) is 9. The van der Waals surface area contributed by atoms with E-state index in [1.165, 1.54) is 6.07 Å². The molecule has 0 saturated heterocycles. The smallest absolute Gasteiger partial charge is 0.177 e. The van der Waals surface area contributed by atoms with Gasteiger partial charge in [-0.1, -0.05) is 6.07 Å². The first-order valence-electron chi connectivity index (χ1n) is 10.4. The molecule has 0 fully saturated rings. The Kier molecular flexibility index (Phi) is 5.15. The molecule has 0 spiro atoms. The summed E-state index contributed by atoms with van der Waals surface area (Å²) in [6, 6.07) is 11.0. The molecule has 2 aliphatic rings. The maximum Gasteiger partial charge on any atom is 0.177 e. The van der Waals surface area contributed by atoms with Gasteiger partial charge in [-0.3, -0.25) is 4.98 Å². The maximum absolute atomic E-state index is 10.7. The molecule has 1 aromatic heterocycles. The van der Waals surface area contributed by atoms with Crippen molar-refractivity contribution in [3.8, 4) is 34.5 Å². The Balaban J connectivity index is 1.46. The van der Waals surface area contributed by atoms with Crippen molar-refractivity contribution in [1.82, 2.24) is 4.98 Å². The molecule has 5 unspecified atom stereocenters. The third-order valence-corrected chi connectivity index (χ3v) is 5.86. The Bertz CT molecular complexity index is 1180. The van der Waals surface area contributed by atoms with Gasteiger partial charge in [-0.2, -0.15) is 0 Å². The highest BCUT2D eigenvalue weighted by atomic mass is 16.6. The van der Waals surface area contributed by atoms with E-state index < -0.39 is 24.4 Å². The minimum absolute atomic E-state index is 0.0218. The molecular weight excluding hydrogens is 430 g/mol. The Morgan fingerprint density at radius 2 is 1.67 bits per heavy atom. The van der Waals surface area contributed by atoms with E-state index in [1.54, 1.807) is 43.6 Å². The van der Waals surface area contributed by atoms with Gasteiger partial charge in [0.2, 0.25) is 0 Å². The number of aliphatic hydroxyl groups excluding tert-OH is 2. The fraction of sp³-hybridized carbons (Fsp3) is 0.292. The second-order valence-corrected chi connectivity index (χ2v) is 8.04. The van der Waals surface area contributed by atoms with Gasteiger partial charge in [0.15, 0.2) is 23.7 Å². The molecule has 172 valence electrons. The van der Waals surface area contributed by atoms with Gasteiger partial charge in [0, 0.05) is 12.1 Å². The molecule has 0 radical (unpaired) electrons. The van der Waals surface area contributed by atoms with Gasteiger partial charge in [-0.15, -0.1) is 0 Å². The number of hydrogen-bond donors (Lipinski definition) is 4. The highest BCUT2D eigenvalue weighted by Gasteiger charge is 2.40. The molecule has 0 bridgehead atoms. The van der Waals surface area contributed by atoms with Crippen LogP contribution in [0.3, 0.4) is 0 Å². The number of ether oxygens (including phenoxy) is 4. The van der Waals surface area contributed by atoms with Crippen LogP contribution in [0, 0.1) is 0 Å². The lowest BCUT2D eigenvalue weighted by Gasteiger charge is -2.36. The van der Waals surface area contributed by atoms with Crippen LogP contribution in [0.25, 0.3) is 0 Å². The molecule has 0 aliphatic carbocycles. The average molecular weight is 453 g/mol. The highest BCUT2D eigenvalue weighted by molar-refractivity contribution is 5.53. The van der Waals surface area contributed by atoms with Crippen LogP contribution in [0.2, 0.25) is 0 Å². The largest absolute Gasteiger partial charge is 0.508 e. The summed E-state index contributed by atoms with van der Waals surface area (Å²) in [7, 11) is 1.57. The van der Waals surface area contributed by atoms with Gasteiger partial charge in [0.25, 0.3) is 0 Å². The second kappa shape index (κ2) is 8.02. The third-order valence-electron chi connectivity index (χ3n) is 5.86. The van der Waals surface area contributed by atoms with Crippen molar-refractivity contribution in [1.29, 1.82) is 0 Å². The maximum atomic E-state index is 10.7. The summed E-state index contributed by atoms with van der Waals surface area (Å²) in [5, 5.41) is 41.2. The molecule has 33 heavy (non-hydrogen) atoms. The first kappa shape index (κ1) is 21.2. The summed E-state index contributed by atoms with van der Waals surface area (Å²) in [5.41, 5.74) is 1.21. The van der Waals surface area contributed by atoms with Gasteiger partial charge in [0.1, 0.15) is 41.3 Å². The SMILES string of the molecule is COc1ccc(C2Oc3cc(C4Oc5cc(O)cc(O)c5C(O)C4O)ccc3OC2C)nc1. The predicted molar refractivity (Wildman–Crippen MR) is 115 cm³/mol. The van der Waals surface area contributed by atoms with Gasteiger partial charge < -0.3 is 39.4 Å². The number of aliphatic hydroxyl groups is 2. The van der Waals surface area contributed by atoms with Crippen LogP contribution < -0.4 is 18.9 Å². The molecule has 2 aromatic carbocycles. The van der Waals surface area contributed by atoms with Gasteiger partial charge in [0.05, 0.1) is 24.6 Å². The summed E-state index contributed by atoms with van der Waals surface area (Å²) in [5.74, 6) is 1.09. The number of aromatic nitrogens is 1. The number of nitrogens with zero attached hydrogens (tertiary/aromatic N) is 1. The number of aromatic hydroxyl groups is 2. The zero-order chi connectivity index (χ0) is 23.3. The predicted octanol–water partition coefficient (Wildman–Crippen LogP) is 2.93. The molecule has 2 aliphatic heterocycles. The average Bonchev–Trinajstić information content (AvgIpc) is 2.80. The van der Waals surface area contributed by atoms with E-state index in [0.717, 1.165) is 6.07 Å². The first-order chi connectivity index (χ1) is 15.9. The van der Waals surface area contributed by atoms with E-state index in [9.17, 15) is 20.4 Å². The number of phenols is 2. The lowest BCUT2D eigenvalue weighted by atomic mass is 9.91. The Morgan fingerprint density at radius 3 is 2.39 bits per heavy atom. The molecule has 5 atom stereocenters. The molecule has 5 rings (SSSR count). The summed E-state index contributed by atoms with van der Waals surface area (Å²) < 4.78 is 23.2. The van der Waals surface area contributed by atoms with Crippen LogP contribution in [-0.2, 0) is 0 Å². The topological polar surface area (TPSA) is 131 Å². The second-order valence-electron chi connectivity index (χ2n) is 8.04. The van der Waals surface area contributed by atoms with Gasteiger partial charge in [-0.25, -0.2) is 0 Å². The van der Waals surface area contributed by atoms with Gasteiger partial charge in [-0.05, 0) is 36.8 Å². The summed E-state index contributed by atoms with van der Waals surface area (Å²) in [6.45, 7) is 1.88. The number of pyridine rings is 1. The zero-order valence-corrected chi connectivity index (χ0v) is 17.9. The van der Waals surface area contributed by atoms with Crippen LogP contribution in [-0.4, -0.2) is 44.7 Å². The van der Waals surface area contributed by atoms with Gasteiger partial charge >= 0.3 is 0 Å². The van der Waals surface area contributed by atoms with Crippen LogP contribution in [0.5, 0.6) is 34.5 Å². The fourth-order valence-corrected chi connectivity index (χ4v) is 4.17.